The average molecular weight is 257 g/mol. The normalized spacial score (nSPS) is 10.2. The summed E-state index contributed by atoms with van der Waals surface area (Å²) in [6.45, 7) is 2.70. The zero-order valence-electron chi connectivity index (χ0n) is 10.9. The van der Waals surface area contributed by atoms with E-state index in [-0.39, 0.29) is 5.69 Å². The second-order valence-corrected chi connectivity index (χ2v) is 4.35. The van der Waals surface area contributed by atoms with Gasteiger partial charge in [0.2, 0.25) is 0 Å². The lowest BCUT2D eigenvalue weighted by Crippen LogP contribution is -2.19. The molecule has 0 atom stereocenters. The van der Waals surface area contributed by atoms with E-state index in [1.165, 1.54) is 17.3 Å². The molecule has 0 unspecified atom stereocenters. The van der Waals surface area contributed by atoms with Gasteiger partial charge in [0.1, 0.15) is 5.82 Å². The maximum Gasteiger partial charge on any atom is 0.356 e. The van der Waals surface area contributed by atoms with Crippen LogP contribution in [0.2, 0.25) is 0 Å². The Balaban J connectivity index is 2.20. The van der Waals surface area contributed by atoms with E-state index in [9.17, 15) is 4.79 Å². The monoisotopic (exact) mass is 257 g/mol. The van der Waals surface area contributed by atoms with E-state index in [0.717, 1.165) is 0 Å². The van der Waals surface area contributed by atoms with E-state index in [0.29, 0.717) is 12.4 Å². The molecular formula is C14H15N3O2. The summed E-state index contributed by atoms with van der Waals surface area (Å²) in [7, 11) is 1.86. The first-order valence-electron chi connectivity index (χ1n) is 5.89. The van der Waals surface area contributed by atoms with Gasteiger partial charge in [0, 0.05) is 13.6 Å². The Labute approximate surface area is 111 Å². The number of hydrogen-bond donors (Lipinski definition) is 1. The number of carboxylic acid groups (broad SMARTS) is 1. The fourth-order valence-corrected chi connectivity index (χ4v) is 1.77. The summed E-state index contributed by atoms with van der Waals surface area (Å²) < 4.78 is 0. The van der Waals surface area contributed by atoms with Gasteiger partial charge in [-0.25, -0.2) is 9.78 Å². The van der Waals surface area contributed by atoms with Gasteiger partial charge in [-0.3, -0.25) is 4.98 Å². The molecule has 1 N–H and O–H groups in total. The van der Waals surface area contributed by atoms with Crippen molar-refractivity contribution >= 4 is 11.8 Å². The lowest BCUT2D eigenvalue weighted by molar-refractivity contribution is 0.0690. The third-order valence-electron chi connectivity index (χ3n) is 2.90. The fraction of sp³-hybridized carbons (Fsp3) is 0.214. The van der Waals surface area contributed by atoms with Crippen LogP contribution in [0.25, 0.3) is 0 Å². The summed E-state index contributed by atoms with van der Waals surface area (Å²) in [5.41, 5.74) is 2.32. The number of aryl methyl sites for hydroxylation is 1. The number of carbonyl (C=O) groups is 1. The van der Waals surface area contributed by atoms with Crippen LogP contribution >= 0.6 is 0 Å². The number of rotatable bonds is 4. The molecule has 2 aromatic rings. The topological polar surface area (TPSA) is 66.3 Å². The zero-order valence-corrected chi connectivity index (χ0v) is 10.9. The predicted molar refractivity (Wildman–Crippen MR) is 72.3 cm³/mol. The third-order valence-corrected chi connectivity index (χ3v) is 2.90. The van der Waals surface area contributed by atoms with Crippen LogP contribution in [0.1, 0.15) is 21.6 Å². The van der Waals surface area contributed by atoms with Gasteiger partial charge in [-0.1, -0.05) is 24.3 Å². The smallest absolute Gasteiger partial charge is 0.356 e. The van der Waals surface area contributed by atoms with E-state index < -0.39 is 5.97 Å². The lowest BCUT2D eigenvalue weighted by Gasteiger charge is -2.19. The Hall–Kier alpha value is -2.43. The second-order valence-electron chi connectivity index (χ2n) is 4.35. The Kier molecular flexibility index (Phi) is 3.75. The molecule has 0 aliphatic carbocycles. The quantitative estimate of drug-likeness (QED) is 0.908. The van der Waals surface area contributed by atoms with Gasteiger partial charge in [0.15, 0.2) is 5.69 Å². The number of aromatic carboxylic acids is 1. The van der Waals surface area contributed by atoms with Gasteiger partial charge >= 0.3 is 5.97 Å². The fourth-order valence-electron chi connectivity index (χ4n) is 1.77. The first kappa shape index (κ1) is 13.0. The summed E-state index contributed by atoms with van der Waals surface area (Å²) in [5.74, 6) is -0.526. The number of aromatic nitrogens is 2. The molecule has 5 heteroatoms. The molecule has 98 valence electrons. The van der Waals surface area contributed by atoms with Crippen LogP contribution in [0.3, 0.4) is 0 Å². The standard InChI is InChI=1S/C14H15N3O2/c1-10-5-3-4-6-11(10)9-17(2)13-8-15-7-12(16-13)14(18)19/h3-8H,9H2,1-2H3,(H,18,19). The van der Waals surface area contributed by atoms with Gasteiger partial charge in [0.25, 0.3) is 0 Å². The van der Waals surface area contributed by atoms with Crippen molar-refractivity contribution < 1.29 is 9.90 Å². The van der Waals surface area contributed by atoms with E-state index >= 15 is 0 Å². The van der Waals surface area contributed by atoms with Crippen molar-refractivity contribution in [3.63, 3.8) is 0 Å². The molecule has 0 amide bonds. The molecule has 0 bridgehead atoms. The summed E-state index contributed by atoms with van der Waals surface area (Å²) in [4.78, 5) is 20.7. The maximum absolute atomic E-state index is 10.9. The maximum atomic E-state index is 10.9. The van der Waals surface area contributed by atoms with Crippen LogP contribution in [0.5, 0.6) is 0 Å². The van der Waals surface area contributed by atoms with Crippen LogP contribution in [-0.2, 0) is 6.54 Å². The molecule has 0 aliphatic heterocycles. The minimum absolute atomic E-state index is 0.0471. The molecule has 0 fully saturated rings. The van der Waals surface area contributed by atoms with E-state index in [2.05, 4.69) is 9.97 Å². The van der Waals surface area contributed by atoms with Crippen LogP contribution in [0, 0.1) is 6.92 Å². The van der Waals surface area contributed by atoms with Crippen molar-refractivity contribution in [3.8, 4) is 0 Å². The first-order valence-corrected chi connectivity index (χ1v) is 5.89. The Morgan fingerprint density at radius 1 is 1.32 bits per heavy atom. The van der Waals surface area contributed by atoms with Crippen molar-refractivity contribution in [1.82, 2.24) is 9.97 Å². The number of nitrogens with zero attached hydrogens (tertiary/aromatic N) is 3. The molecule has 0 saturated heterocycles. The SMILES string of the molecule is Cc1ccccc1CN(C)c1cncc(C(=O)O)n1. The minimum atomic E-state index is -1.07. The van der Waals surface area contributed by atoms with Gasteiger partial charge in [-0.15, -0.1) is 0 Å². The summed E-state index contributed by atoms with van der Waals surface area (Å²) in [5, 5.41) is 8.90. The first-order chi connectivity index (χ1) is 9.08. The van der Waals surface area contributed by atoms with Crippen molar-refractivity contribution in [2.24, 2.45) is 0 Å². The van der Waals surface area contributed by atoms with Gasteiger partial charge < -0.3 is 10.0 Å². The van der Waals surface area contributed by atoms with E-state index in [1.807, 2.05) is 43.1 Å². The van der Waals surface area contributed by atoms with E-state index in [1.54, 1.807) is 6.20 Å². The predicted octanol–water partition coefficient (Wildman–Crippen LogP) is 2.12. The summed E-state index contributed by atoms with van der Waals surface area (Å²) >= 11 is 0. The van der Waals surface area contributed by atoms with Crippen LogP contribution in [0.4, 0.5) is 5.82 Å². The van der Waals surface area contributed by atoms with Gasteiger partial charge in [-0.2, -0.15) is 0 Å². The zero-order chi connectivity index (χ0) is 13.8. The molecule has 1 aromatic carbocycles. The molecular weight excluding hydrogens is 242 g/mol. The molecule has 1 aromatic heterocycles. The highest BCUT2D eigenvalue weighted by molar-refractivity contribution is 5.85. The number of anilines is 1. The molecule has 0 aliphatic rings. The Bertz CT molecular complexity index is 599. The van der Waals surface area contributed by atoms with Gasteiger partial charge in [0.05, 0.1) is 12.4 Å². The highest BCUT2D eigenvalue weighted by atomic mass is 16.4. The Morgan fingerprint density at radius 2 is 2.05 bits per heavy atom. The number of hydrogen-bond acceptors (Lipinski definition) is 4. The number of carboxylic acids is 1. The number of benzene rings is 1. The van der Waals surface area contributed by atoms with Crippen LogP contribution < -0.4 is 4.90 Å². The molecule has 2 rings (SSSR count). The largest absolute Gasteiger partial charge is 0.476 e. The summed E-state index contributed by atoms with van der Waals surface area (Å²) in [6.07, 6.45) is 2.80. The third kappa shape index (κ3) is 3.07. The molecule has 5 nitrogen and oxygen atoms in total. The lowest BCUT2D eigenvalue weighted by atomic mass is 10.1. The highest BCUT2D eigenvalue weighted by Crippen LogP contribution is 2.14. The molecule has 0 saturated carbocycles. The van der Waals surface area contributed by atoms with E-state index in [4.69, 9.17) is 5.11 Å². The average Bonchev–Trinajstić information content (AvgIpc) is 2.41. The molecule has 1 heterocycles. The molecule has 19 heavy (non-hydrogen) atoms. The van der Waals surface area contributed by atoms with Crippen molar-refractivity contribution in [2.45, 2.75) is 13.5 Å². The minimum Gasteiger partial charge on any atom is -0.476 e. The van der Waals surface area contributed by atoms with Crippen molar-refractivity contribution in [2.75, 3.05) is 11.9 Å². The van der Waals surface area contributed by atoms with Crippen molar-refractivity contribution in [1.29, 1.82) is 0 Å². The second kappa shape index (κ2) is 5.48. The Morgan fingerprint density at radius 3 is 2.74 bits per heavy atom. The van der Waals surface area contributed by atoms with Gasteiger partial charge in [-0.05, 0) is 18.1 Å². The van der Waals surface area contributed by atoms with Crippen LogP contribution in [-0.4, -0.2) is 28.1 Å². The van der Waals surface area contributed by atoms with Crippen LogP contribution in [0.15, 0.2) is 36.7 Å². The van der Waals surface area contributed by atoms with Crippen molar-refractivity contribution in [3.05, 3.63) is 53.5 Å². The summed E-state index contributed by atoms with van der Waals surface area (Å²) in [6, 6.07) is 8.06. The molecule has 0 spiro atoms. The molecule has 0 radical (unpaired) electrons. The highest BCUT2D eigenvalue weighted by Gasteiger charge is 2.10.